The van der Waals surface area contributed by atoms with Crippen molar-refractivity contribution in [3.05, 3.63) is 35.8 Å². The van der Waals surface area contributed by atoms with Crippen molar-refractivity contribution in [1.82, 2.24) is 19.5 Å². The first kappa shape index (κ1) is 27.6. The lowest BCUT2D eigenvalue weighted by atomic mass is 9.77. The summed E-state index contributed by atoms with van der Waals surface area (Å²) in [5.74, 6) is -2.27. The minimum atomic E-state index is -1.07. The van der Waals surface area contributed by atoms with Crippen molar-refractivity contribution in [2.75, 3.05) is 10.6 Å². The molecule has 2 saturated carbocycles. The van der Waals surface area contributed by atoms with Crippen molar-refractivity contribution in [1.29, 1.82) is 0 Å². The zero-order chi connectivity index (χ0) is 28.1. The molecule has 0 spiro atoms. The summed E-state index contributed by atoms with van der Waals surface area (Å²) in [4.78, 5) is 13.8. The summed E-state index contributed by atoms with van der Waals surface area (Å²) in [5, 5.41) is 27.1. The fourth-order valence-corrected chi connectivity index (χ4v) is 6.13. The molecule has 0 bridgehead atoms. The van der Waals surface area contributed by atoms with Crippen LogP contribution in [0, 0.1) is 29.3 Å². The van der Waals surface area contributed by atoms with Gasteiger partial charge in [-0.2, -0.15) is 4.98 Å². The highest BCUT2D eigenvalue weighted by Gasteiger charge is 2.37. The maximum Gasteiger partial charge on any atom is 0.224 e. The average Bonchev–Trinajstić information content (AvgIpc) is 3.45. The van der Waals surface area contributed by atoms with Crippen molar-refractivity contribution >= 4 is 28.7 Å². The van der Waals surface area contributed by atoms with Crippen LogP contribution in [-0.4, -0.2) is 47.0 Å². The van der Waals surface area contributed by atoms with Gasteiger partial charge in [-0.3, -0.25) is 4.57 Å². The van der Waals surface area contributed by atoms with Gasteiger partial charge in [0.05, 0.1) is 17.4 Å². The van der Waals surface area contributed by atoms with E-state index in [9.17, 15) is 23.4 Å². The Hall–Kier alpha value is -2.92. The highest BCUT2D eigenvalue weighted by Crippen LogP contribution is 2.43. The van der Waals surface area contributed by atoms with Gasteiger partial charge in [0, 0.05) is 24.2 Å². The van der Waals surface area contributed by atoms with Gasteiger partial charge in [0.2, 0.25) is 11.9 Å². The molecule has 212 valence electrons. The van der Waals surface area contributed by atoms with Crippen molar-refractivity contribution in [2.45, 2.75) is 95.9 Å². The molecule has 0 aliphatic heterocycles. The van der Waals surface area contributed by atoms with Gasteiger partial charge in [0.15, 0.2) is 17.3 Å². The van der Waals surface area contributed by atoms with Gasteiger partial charge in [0.25, 0.3) is 0 Å². The van der Waals surface area contributed by atoms with E-state index in [1.165, 1.54) is 0 Å². The Labute approximate surface area is 226 Å². The number of halogens is 3. The van der Waals surface area contributed by atoms with Crippen molar-refractivity contribution in [3.63, 3.8) is 0 Å². The standard InChI is InChI=1S/C28H37F3N6O2/c1-27(2,38)15-5-8-18(9-6-15)33-25-32-14-22-24(36-25)37(19-10-7-16(11-19)28(3,4)39)26(34-22)35-23-20(30)12-17(29)13-21(23)31/h12-16,18-19,38-39H,5-11H2,1-4H3,(H,34,35)(H,32,33,36)/t15-,16-,18-,19+/m0/s1. The molecular weight excluding hydrogens is 509 g/mol. The Morgan fingerprint density at radius 2 is 1.49 bits per heavy atom. The van der Waals surface area contributed by atoms with E-state index >= 15 is 0 Å². The first-order chi connectivity index (χ1) is 18.3. The Bertz CT molecular complexity index is 1320. The minimum absolute atomic E-state index is 0.0255. The van der Waals surface area contributed by atoms with E-state index in [1.807, 2.05) is 18.4 Å². The molecule has 2 aliphatic rings. The van der Waals surface area contributed by atoms with Gasteiger partial charge in [0.1, 0.15) is 17.0 Å². The molecular formula is C28H37F3N6O2. The second kappa shape index (κ2) is 10.2. The monoisotopic (exact) mass is 546 g/mol. The number of fused-ring (bicyclic) bond motifs is 1. The van der Waals surface area contributed by atoms with Crippen LogP contribution in [0.3, 0.4) is 0 Å². The van der Waals surface area contributed by atoms with Crippen LogP contribution >= 0.6 is 0 Å². The molecule has 2 atom stereocenters. The number of benzene rings is 1. The lowest BCUT2D eigenvalue weighted by Gasteiger charge is -2.36. The summed E-state index contributed by atoms with van der Waals surface area (Å²) in [5.41, 5.74) is -1.13. The molecule has 0 saturated heterocycles. The van der Waals surface area contributed by atoms with Gasteiger partial charge in [-0.15, -0.1) is 0 Å². The molecule has 11 heteroatoms. The quantitative estimate of drug-likeness (QED) is 0.295. The normalized spacial score (nSPS) is 24.3. The van der Waals surface area contributed by atoms with Gasteiger partial charge in [-0.1, -0.05) is 0 Å². The van der Waals surface area contributed by atoms with E-state index < -0.39 is 34.3 Å². The molecule has 1 aromatic carbocycles. The number of nitrogens with one attached hydrogen (secondary N) is 2. The third-order valence-electron chi connectivity index (χ3n) is 8.51. The van der Waals surface area contributed by atoms with E-state index in [1.54, 1.807) is 20.0 Å². The zero-order valence-corrected chi connectivity index (χ0v) is 22.8. The predicted octanol–water partition coefficient (Wildman–Crippen LogP) is 5.84. The summed E-state index contributed by atoms with van der Waals surface area (Å²) in [6.07, 6.45) is 7.24. The van der Waals surface area contributed by atoms with Gasteiger partial charge < -0.3 is 20.8 Å². The summed E-state index contributed by atoms with van der Waals surface area (Å²) in [6, 6.07) is 1.26. The number of rotatable bonds is 7. The number of imidazole rings is 1. The molecule has 2 aromatic heterocycles. The molecule has 39 heavy (non-hydrogen) atoms. The first-order valence-corrected chi connectivity index (χ1v) is 13.7. The summed E-state index contributed by atoms with van der Waals surface area (Å²) in [7, 11) is 0. The largest absolute Gasteiger partial charge is 0.390 e. The van der Waals surface area contributed by atoms with Crippen LogP contribution in [0.1, 0.15) is 78.7 Å². The van der Waals surface area contributed by atoms with Crippen LogP contribution in [0.15, 0.2) is 18.3 Å². The third-order valence-corrected chi connectivity index (χ3v) is 8.51. The first-order valence-electron chi connectivity index (χ1n) is 13.7. The Morgan fingerprint density at radius 1 is 0.872 bits per heavy atom. The van der Waals surface area contributed by atoms with E-state index in [0.29, 0.717) is 35.7 Å². The zero-order valence-electron chi connectivity index (χ0n) is 22.8. The molecule has 2 heterocycles. The number of aromatic nitrogens is 4. The smallest absolute Gasteiger partial charge is 0.224 e. The van der Waals surface area contributed by atoms with Crippen molar-refractivity contribution < 1.29 is 23.4 Å². The van der Waals surface area contributed by atoms with Gasteiger partial charge in [-0.05, 0) is 84.5 Å². The van der Waals surface area contributed by atoms with Crippen LogP contribution in [-0.2, 0) is 0 Å². The lowest BCUT2D eigenvalue weighted by Crippen LogP contribution is -2.37. The molecule has 2 fully saturated rings. The van der Waals surface area contributed by atoms with E-state index in [4.69, 9.17) is 4.98 Å². The summed E-state index contributed by atoms with van der Waals surface area (Å²) < 4.78 is 44.4. The predicted molar refractivity (Wildman–Crippen MR) is 143 cm³/mol. The maximum atomic E-state index is 14.5. The fraction of sp³-hybridized carbons (Fsp3) is 0.607. The SMILES string of the molecule is CC(C)(O)[C@H]1CC[C@@H](n2c(Nc3c(F)cc(F)cc3F)nc3cnc(N[C@H]4CC[C@H](C(C)(C)O)CC4)nc32)C1. The Balaban J connectivity index is 1.47. The van der Waals surface area contributed by atoms with Crippen LogP contribution in [0.4, 0.5) is 30.8 Å². The molecule has 2 aliphatic carbocycles. The summed E-state index contributed by atoms with van der Waals surface area (Å²) in [6.45, 7) is 7.27. The summed E-state index contributed by atoms with van der Waals surface area (Å²) >= 11 is 0. The highest BCUT2D eigenvalue weighted by atomic mass is 19.1. The van der Waals surface area contributed by atoms with Crippen LogP contribution < -0.4 is 10.6 Å². The lowest BCUT2D eigenvalue weighted by molar-refractivity contribution is -0.000426. The average molecular weight is 547 g/mol. The van der Waals surface area contributed by atoms with E-state index in [-0.39, 0.29) is 29.9 Å². The molecule has 0 amide bonds. The van der Waals surface area contributed by atoms with Crippen LogP contribution in [0.5, 0.6) is 0 Å². The number of hydrogen-bond donors (Lipinski definition) is 4. The molecule has 5 rings (SSSR count). The second-order valence-corrected chi connectivity index (χ2v) is 12.2. The van der Waals surface area contributed by atoms with Crippen LogP contribution in [0.25, 0.3) is 11.2 Å². The number of nitrogens with zero attached hydrogens (tertiary/aromatic N) is 4. The topological polar surface area (TPSA) is 108 Å². The van der Waals surface area contributed by atoms with Gasteiger partial charge >= 0.3 is 0 Å². The second-order valence-electron chi connectivity index (χ2n) is 12.2. The molecule has 3 aromatic rings. The number of anilines is 3. The molecule has 4 N–H and O–H groups in total. The fourth-order valence-electron chi connectivity index (χ4n) is 6.13. The molecule has 0 radical (unpaired) electrons. The Morgan fingerprint density at radius 3 is 2.08 bits per heavy atom. The minimum Gasteiger partial charge on any atom is -0.390 e. The van der Waals surface area contributed by atoms with Crippen molar-refractivity contribution in [3.8, 4) is 0 Å². The molecule has 0 unspecified atom stereocenters. The maximum absolute atomic E-state index is 14.5. The van der Waals surface area contributed by atoms with Gasteiger partial charge in [-0.25, -0.2) is 23.1 Å². The van der Waals surface area contributed by atoms with Crippen molar-refractivity contribution in [2.24, 2.45) is 11.8 Å². The number of aliphatic hydroxyl groups is 2. The third kappa shape index (κ3) is 5.84. The van der Waals surface area contributed by atoms with E-state index in [0.717, 1.165) is 38.5 Å². The number of hydrogen-bond acceptors (Lipinski definition) is 7. The molecule has 8 nitrogen and oxygen atoms in total. The Kier molecular flexibility index (Phi) is 7.26. The highest BCUT2D eigenvalue weighted by molar-refractivity contribution is 5.76. The van der Waals surface area contributed by atoms with Crippen LogP contribution in [0.2, 0.25) is 0 Å². The van der Waals surface area contributed by atoms with E-state index in [2.05, 4.69) is 20.6 Å².